The number of benzene rings is 2. The van der Waals surface area contributed by atoms with Gasteiger partial charge < -0.3 is 5.73 Å². The van der Waals surface area contributed by atoms with Crippen molar-refractivity contribution >= 4 is 40.9 Å². The van der Waals surface area contributed by atoms with E-state index in [-0.39, 0.29) is 11.7 Å². The third-order valence-electron chi connectivity index (χ3n) is 2.61. The Hall–Kier alpha value is -1.98. The Kier molecular flexibility index (Phi) is 5.25. The molecule has 0 saturated heterocycles. The van der Waals surface area contributed by atoms with Crippen LogP contribution in [0.25, 0.3) is 0 Å². The number of carbonyl (C=O) groups is 2. The molecular weight excluding hydrogens is 308 g/mol. The average molecular weight is 321 g/mol. The lowest BCUT2D eigenvalue weighted by atomic mass is 10.2. The summed E-state index contributed by atoms with van der Waals surface area (Å²) in [7, 11) is 0. The average Bonchev–Trinajstić information content (AvgIpc) is 2.47. The number of anilines is 1. The maximum Gasteiger partial charge on any atom is 0.257 e. The van der Waals surface area contributed by atoms with Crippen LogP contribution in [0.15, 0.2) is 53.4 Å². The van der Waals surface area contributed by atoms with E-state index in [1.807, 2.05) is 12.1 Å². The van der Waals surface area contributed by atoms with Crippen LogP contribution in [0.3, 0.4) is 0 Å². The van der Waals surface area contributed by atoms with E-state index in [1.54, 1.807) is 36.4 Å². The smallest absolute Gasteiger partial charge is 0.257 e. The van der Waals surface area contributed by atoms with Gasteiger partial charge in [-0.05, 0) is 48.5 Å². The van der Waals surface area contributed by atoms with Crippen molar-refractivity contribution in [1.29, 1.82) is 0 Å². The van der Waals surface area contributed by atoms with Crippen LogP contribution < -0.4 is 11.1 Å². The molecule has 6 heteroatoms. The minimum absolute atomic E-state index is 0.156. The molecule has 0 radical (unpaired) electrons. The molecule has 0 aliphatic heterocycles. The number of carbonyl (C=O) groups excluding carboxylic acids is 2. The zero-order chi connectivity index (χ0) is 15.2. The van der Waals surface area contributed by atoms with Gasteiger partial charge >= 0.3 is 0 Å². The summed E-state index contributed by atoms with van der Waals surface area (Å²) in [6, 6.07) is 13.5. The first-order valence-corrected chi connectivity index (χ1v) is 7.49. The number of nitrogen functional groups attached to an aromatic ring is 1. The first kappa shape index (κ1) is 15.4. The van der Waals surface area contributed by atoms with E-state index in [0.717, 1.165) is 4.90 Å². The highest BCUT2D eigenvalue weighted by Gasteiger charge is 2.10. The summed E-state index contributed by atoms with van der Waals surface area (Å²) in [5, 5.41) is 2.87. The minimum Gasteiger partial charge on any atom is -0.399 e. The second-order valence-corrected chi connectivity index (χ2v) is 5.73. The van der Waals surface area contributed by atoms with E-state index in [9.17, 15) is 9.59 Å². The SMILES string of the molecule is Nc1ccc(SCC(=O)NC(=O)c2ccc(Cl)cc2)cc1. The predicted molar refractivity (Wildman–Crippen MR) is 85.5 cm³/mol. The number of rotatable bonds is 4. The van der Waals surface area contributed by atoms with Crippen LogP contribution in [0.1, 0.15) is 10.4 Å². The molecule has 2 rings (SSSR count). The van der Waals surface area contributed by atoms with Crippen LogP contribution in [-0.2, 0) is 4.79 Å². The van der Waals surface area contributed by atoms with Gasteiger partial charge in [0.15, 0.2) is 0 Å². The molecule has 0 spiro atoms. The highest BCUT2D eigenvalue weighted by molar-refractivity contribution is 8.00. The van der Waals surface area contributed by atoms with Crippen LogP contribution in [0, 0.1) is 0 Å². The van der Waals surface area contributed by atoms with Crippen molar-refractivity contribution in [3.63, 3.8) is 0 Å². The van der Waals surface area contributed by atoms with Crippen LogP contribution in [-0.4, -0.2) is 17.6 Å². The molecule has 0 unspecified atom stereocenters. The number of imide groups is 1. The molecule has 0 fully saturated rings. The molecule has 2 aromatic carbocycles. The highest BCUT2D eigenvalue weighted by atomic mass is 35.5. The van der Waals surface area contributed by atoms with E-state index in [0.29, 0.717) is 16.3 Å². The van der Waals surface area contributed by atoms with Gasteiger partial charge in [-0.2, -0.15) is 0 Å². The summed E-state index contributed by atoms with van der Waals surface area (Å²) < 4.78 is 0. The second kappa shape index (κ2) is 7.15. The van der Waals surface area contributed by atoms with Crippen molar-refractivity contribution in [2.45, 2.75) is 4.90 Å². The predicted octanol–water partition coefficient (Wildman–Crippen LogP) is 2.97. The standard InChI is InChI=1S/C15H13ClN2O2S/c16-11-3-1-10(2-4-11)15(20)18-14(19)9-21-13-7-5-12(17)6-8-13/h1-8H,9,17H2,(H,18,19,20). The Balaban J connectivity index is 1.85. The lowest BCUT2D eigenvalue weighted by molar-refractivity contribution is -0.117. The summed E-state index contributed by atoms with van der Waals surface area (Å²) in [4.78, 5) is 24.5. The summed E-state index contributed by atoms with van der Waals surface area (Å²) in [6.07, 6.45) is 0. The molecule has 0 atom stereocenters. The van der Waals surface area contributed by atoms with E-state index >= 15 is 0 Å². The van der Waals surface area contributed by atoms with Gasteiger partial charge in [0, 0.05) is 21.2 Å². The summed E-state index contributed by atoms with van der Waals surface area (Å²) in [5.41, 5.74) is 6.64. The molecule has 21 heavy (non-hydrogen) atoms. The normalized spacial score (nSPS) is 10.1. The van der Waals surface area contributed by atoms with Crippen molar-refractivity contribution in [3.8, 4) is 0 Å². The van der Waals surface area contributed by atoms with E-state index in [2.05, 4.69) is 5.32 Å². The zero-order valence-corrected chi connectivity index (χ0v) is 12.6. The number of amides is 2. The first-order valence-electron chi connectivity index (χ1n) is 6.12. The van der Waals surface area contributed by atoms with Gasteiger partial charge in [0.05, 0.1) is 5.75 Å². The molecule has 0 saturated carbocycles. The molecule has 0 aliphatic carbocycles. The number of nitrogens with one attached hydrogen (secondary N) is 1. The molecular formula is C15H13ClN2O2S. The van der Waals surface area contributed by atoms with Gasteiger partial charge in [-0.25, -0.2) is 0 Å². The Morgan fingerprint density at radius 2 is 1.67 bits per heavy atom. The van der Waals surface area contributed by atoms with Gasteiger partial charge in [-0.3, -0.25) is 14.9 Å². The van der Waals surface area contributed by atoms with Crippen molar-refractivity contribution in [2.75, 3.05) is 11.5 Å². The molecule has 2 aromatic rings. The fourth-order valence-corrected chi connectivity index (χ4v) is 2.37. The van der Waals surface area contributed by atoms with Crippen molar-refractivity contribution < 1.29 is 9.59 Å². The monoisotopic (exact) mass is 320 g/mol. The third-order valence-corrected chi connectivity index (χ3v) is 3.87. The Labute approximate surface area is 131 Å². The van der Waals surface area contributed by atoms with Gasteiger partial charge in [-0.15, -0.1) is 11.8 Å². The van der Waals surface area contributed by atoms with Gasteiger partial charge in [-0.1, -0.05) is 11.6 Å². The van der Waals surface area contributed by atoms with Crippen molar-refractivity contribution in [1.82, 2.24) is 5.32 Å². The first-order chi connectivity index (χ1) is 10.0. The van der Waals surface area contributed by atoms with Crippen LogP contribution in [0.4, 0.5) is 5.69 Å². The molecule has 2 amide bonds. The Morgan fingerprint density at radius 3 is 2.29 bits per heavy atom. The molecule has 0 bridgehead atoms. The molecule has 0 aromatic heterocycles. The van der Waals surface area contributed by atoms with E-state index < -0.39 is 5.91 Å². The Bertz CT molecular complexity index is 642. The number of thioether (sulfide) groups is 1. The van der Waals surface area contributed by atoms with Gasteiger partial charge in [0.1, 0.15) is 0 Å². The van der Waals surface area contributed by atoms with Gasteiger partial charge in [0.25, 0.3) is 5.91 Å². The highest BCUT2D eigenvalue weighted by Crippen LogP contribution is 2.18. The van der Waals surface area contributed by atoms with E-state index in [4.69, 9.17) is 17.3 Å². The number of halogens is 1. The maximum absolute atomic E-state index is 11.8. The fraction of sp³-hybridized carbons (Fsp3) is 0.0667. The number of hydrogen-bond donors (Lipinski definition) is 2. The molecule has 4 nitrogen and oxygen atoms in total. The summed E-state index contributed by atoms with van der Waals surface area (Å²) in [6.45, 7) is 0. The molecule has 0 aliphatic rings. The second-order valence-electron chi connectivity index (χ2n) is 4.24. The number of nitrogens with two attached hydrogens (primary N) is 1. The quantitative estimate of drug-likeness (QED) is 0.671. The summed E-state index contributed by atoms with van der Waals surface area (Å²) in [5.74, 6) is -0.630. The van der Waals surface area contributed by atoms with Crippen LogP contribution in [0.2, 0.25) is 5.02 Å². The maximum atomic E-state index is 11.8. The summed E-state index contributed by atoms with van der Waals surface area (Å²) >= 11 is 7.08. The van der Waals surface area contributed by atoms with E-state index in [1.165, 1.54) is 11.8 Å². The largest absolute Gasteiger partial charge is 0.399 e. The van der Waals surface area contributed by atoms with Gasteiger partial charge in [0.2, 0.25) is 5.91 Å². The molecule has 108 valence electrons. The molecule has 3 N–H and O–H groups in total. The fourth-order valence-electron chi connectivity index (χ4n) is 1.55. The lowest BCUT2D eigenvalue weighted by Crippen LogP contribution is -2.31. The Morgan fingerprint density at radius 1 is 1.05 bits per heavy atom. The lowest BCUT2D eigenvalue weighted by Gasteiger charge is -2.05. The van der Waals surface area contributed by atoms with Crippen molar-refractivity contribution in [3.05, 3.63) is 59.1 Å². The topological polar surface area (TPSA) is 72.2 Å². The zero-order valence-electron chi connectivity index (χ0n) is 11.0. The number of hydrogen-bond acceptors (Lipinski definition) is 4. The van der Waals surface area contributed by atoms with Crippen LogP contribution in [0.5, 0.6) is 0 Å². The van der Waals surface area contributed by atoms with Crippen LogP contribution >= 0.6 is 23.4 Å². The molecule has 0 heterocycles. The minimum atomic E-state index is -0.436. The third kappa shape index (κ3) is 4.81. The van der Waals surface area contributed by atoms with Crippen molar-refractivity contribution in [2.24, 2.45) is 0 Å².